The second kappa shape index (κ2) is 7.83. The number of nitrogens with zero attached hydrogens (tertiary/aromatic N) is 2. The van der Waals surface area contributed by atoms with Crippen LogP contribution in [-0.4, -0.2) is 47.2 Å². The van der Waals surface area contributed by atoms with Gasteiger partial charge in [-0.15, -0.1) is 0 Å². The fourth-order valence-corrected chi connectivity index (χ4v) is 3.62. The van der Waals surface area contributed by atoms with Crippen LogP contribution in [0.3, 0.4) is 0 Å². The van der Waals surface area contributed by atoms with Crippen LogP contribution in [0.2, 0.25) is 0 Å². The van der Waals surface area contributed by atoms with Gasteiger partial charge in [-0.05, 0) is 37.8 Å². The number of rotatable bonds is 6. The summed E-state index contributed by atoms with van der Waals surface area (Å²) in [6, 6.07) is 6.01. The van der Waals surface area contributed by atoms with Crippen molar-refractivity contribution in [3.8, 4) is 0 Å². The average molecular weight is 346 g/mol. The van der Waals surface area contributed by atoms with Crippen LogP contribution in [0.4, 0.5) is 0 Å². The minimum atomic E-state index is -0.184. The van der Waals surface area contributed by atoms with Gasteiger partial charge in [0, 0.05) is 25.1 Å². The van der Waals surface area contributed by atoms with E-state index < -0.39 is 0 Å². The molecule has 1 amide bonds. The van der Waals surface area contributed by atoms with Crippen LogP contribution in [0.5, 0.6) is 0 Å². The number of likely N-dealkylation sites (tertiary alicyclic amines) is 1. The van der Waals surface area contributed by atoms with Crippen LogP contribution in [0, 0.1) is 12.8 Å². The van der Waals surface area contributed by atoms with Gasteiger partial charge >= 0.3 is 0 Å². The van der Waals surface area contributed by atoms with Gasteiger partial charge in [0.25, 0.3) is 0 Å². The summed E-state index contributed by atoms with van der Waals surface area (Å²) in [5.41, 5.74) is 1.80. The minimum absolute atomic E-state index is 0.184. The van der Waals surface area contributed by atoms with Gasteiger partial charge in [-0.2, -0.15) is 0 Å². The Balaban J connectivity index is 1.45. The summed E-state index contributed by atoms with van der Waals surface area (Å²) in [4.78, 5) is 18.6. The number of carbonyl (C=O) groups excluding carboxylic acids is 1. The number of ether oxygens (including phenoxy) is 2. The van der Waals surface area contributed by atoms with E-state index in [1.54, 1.807) is 0 Å². The third-order valence-corrected chi connectivity index (χ3v) is 5.11. The van der Waals surface area contributed by atoms with E-state index in [-0.39, 0.29) is 17.6 Å². The molecule has 2 aliphatic heterocycles. The van der Waals surface area contributed by atoms with Crippen LogP contribution in [0.25, 0.3) is 0 Å². The average Bonchev–Trinajstić information content (AvgIpc) is 2.56. The van der Waals surface area contributed by atoms with Crippen molar-refractivity contribution < 1.29 is 14.3 Å². The van der Waals surface area contributed by atoms with Crippen LogP contribution >= 0.6 is 0 Å². The Labute approximate surface area is 150 Å². The second-order valence-corrected chi connectivity index (χ2v) is 7.91. The fraction of sp³-hybridized carbons (Fsp3) is 0.700. The van der Waals surface area contributed by atoms with Crippen molar-refractivity contribution in [2.45, 2.75) is 64.8 Å². The first-order valence-corrected chi connectivity index (χ1v) is 9.42. The van der Waals surface area contributed by atoms with Gasteiger partial charge in [0.15, 0.2) is 0 Å². The fourth-order valence-electron chi connectivity index (χ4n) is 3.62. The van der Waals surface area contributed by atoms with E-state index in [0.29, 0.717) is 38.6 Å². The Bertz CT molecular complexity index is 596. The number of carbonyl (C=O) groups is 1. The van der Waals surface area contributed by atoms with Gasteiger partial charge in [-0.25, -0.2) is 0 Å². The van der Waals surface area contributed by atoms with Crippen molar-refractivity contribution in [2.75, 3.05) is 19.7 Å². The van der Waals surface area contributed by atoms with Crippen LogP contribution in [-0.2, 0) is 20.9 Å². The summed E-state index contributed by atoms with van der Waals surface area (Å²) in [5, 5.41) is 0. The SMILES string of the molecule is Cc1cccc(CO[C@@H]2CCOC3(C2)CN(C(=O)CCC(C)C)C3)n1. The normalized spacial score (nSPS) is 22.2. The molecule has 2 saturated heterocycles. The number of amides is 1. The van der Waals surface area contributed by atoms with E-state index >= 15 is 0 Å². The lowest BCUT2D eigenvalue weighted by Crippen LogP contribution is -2.67. The first-order chi connectivity index (χ1) is 12.0. The molecule has 0 aliphatic carbocycles. The van der Waals surface area contributed by atoms with Gasteiger partial charge in [-0.3, -0.25) is 9.78 Å². The zero-order valence-corrected chi connectivity index (χ0v) is 15.7. The van der Waals surface area contributed by atoms with Gasteiger partial charge in [0.2, 0.25) is 5.91 Å². The third kappa shape index (κ3) is 4.79. The molecule has 0 bridgehead atoms. The second-order valence-electron chi connectivity index (χ2n) is 7.91. The van der Waals surface area contributed by atoms with Crippen LogP contribution < -0.4 is 0 Å². The standard InChI is InChI=1S/C20H30N2O3/c1-15(2)7-8-19(23)22-13-20(14-22)11-18(9-10-25-20)24-12-17-6-4-5-16(3)21-17/h4-6,15,18H,7-14H2,1-3H3/t18-/m1/s1. The molecule has 0 radical (unpaired) electrons. The molecule has 0 N–H and O–H groups in total. The van der Waals surface area contributed by atoms with Gasteiger partial charge in [0.1, 0.15) is 5.60 Å². The zero-order chi connectivity index (χ0) is 17.9. The monoisotopic (exact) mass is 346 g/mol. The lowest BCUT2D eigenvalue weighted by Gasteiger charge is -2.53. The molecular weight excluding hydrogens is 316 g/mol. The summed E-state index contributed by atoms with van der Waals surface area (Å²) < 4.78 is 12.1. The summed E-state index contributed by atoms with van der Waals surface area (Å²) in [6.07, 6.45) is 3.57. The topological polar surface area (TPSA) is 51.7 Å². The predicted molar refractivity (Wildman–Crippen MR) is 96.1 cm³/mol. The maximum absolute atomic E-state index is 12.2. The summed E-state index contributed by atoms with van der Waals surface area (Å²) in [5.74, 6) is 0.827. The van der Waals surface area contributed by atoms with Crippen LogP contribution in [0.1, 0.15) is 50.9 Å². The van der Waals surface area contributed by atoms with Crippen molar-refractivity contribution in [3.63, 3.8) is 0 Å². The van der Waals surface area contributed by atoms with E-state index in [1.165, 1.54) is 0 Å². The van der Waals surface area contributed by atoms with E-state index in [1.807, 2.05) is 30.0 Å². The molecule has 2 aliphatic rings. The number of hydrogen-bond donors (Lipinski definition) is 0. The Hall–Kier alpha value is -1.46. The molecule has 1 aromatic heterocycles. The molecule has 2 fully saturated rings. The molecule has 0 unspecified atom stereocenters. The molecule has 3 rings (SSSR count). The Morgan fingerprint density at radius 2 is 2.24 bits per heavy atom. The number of hydrogen-bond acceptors (Lipinski definition) is 4. The highest BCUT2D eigenvalue weighted by atomic mass is 16.5. The molecular formula is C20H30N2O3. The highest BCUT2D eigenvalue weighted by Crippen LogP contribution is 2.36. The largest absolute Gasteiger partial charge is 0.372 e. The molecule has 1 spiro atoms. The van der Waals surface area contributed by atoms with Crippen molar-refractivity contribution in [1.29, 1.82) is 0 Å². The van der Waals surface area contributed by atoms with Gasteiger partial charge < -0.3 is 14.4 Å². The quantitative estimate of drug-likeness (QED) is 0.794. The molecule has 0 aromatic carbocycles. The molecule has 3 heterocycles. The third-order valence-electron chi connectivity index (χ3n) is 5.11. The van der Waals surface area contributed by atoms with E-state index in [0.717, 1.165) is 30.7 Å². The molecule has 0 saturated carbocycles. The van der Waals surface area contributed by atoms with Gasteiger partial charge in [0.05, 0.1) is 31.5 Å². The molecule has 5 nitrogen and oxygen atoms in total. The smallest absolute Gasteiger partial charge is 0.222 e. The maximum atomic E-state index is 12.2. The lowest BCUT2D eigenvalue weighted by atomic mass is 9.84. The minimum Gasteiger partial charge on any atom is -0.372 e. The Morgan fingerprint density at radius 1 is 1.44 bits per heavy atom. The van der Waals surface area contributed by atoms with Crippen LogP contribution in [0.15, 0.2) is 18.2 Å². The van der Waals surface area contributed by atoms with Crippen molar-refractivity contribution in [2.24, 2.45) is 5.92 Å². The Kier molecular flexibility index (Phi) is 5.74. The molecule has 25 heavy (non-hydrogen) atoms. The molecule has 1 atom stereocenters. The first kappa shape index (κ1) is 18.3. The maximum Gasteiger partial charge on any atom is 0.222 e. The first-order valence-electron chi connectivity index (χ1n) is 9.42. The number of pyridine rings is 1. The molecule has 138 valence electrons. The Morgan fingerprint density at radius 3 is 2.96 bits per heavy atom. The summed E-state index contributed by atoms with van der Waals surface area (Å²) >= 11 is 0. The summed E-state index contributed by atoms with van der Waals surface area (Å²) in [7, 11) is 0. The number of aryl methyl sites for hydroxylation is 1. The zero-order valence-electron chi connectivity index (χ0n) is 15.7. The predicted octanol–water partition coefficient (Wildman–Crippen LogP) is 3.10. The van der Waals surface area contributed by atoms with Crippen molar-refractivity contribution in [1.82, 2.24) is 9.88 Å². The van der Waals surface area contributed by atoms with E-state index in [9.17, 15) is 4.79 Å². The van der Waals surface area contributed by atoms with Crippen molar-refractivity contribution in [3.05, 3.63) is 29.6 Å². The van der Waals surface area contributed by atoms with Crippen molar-refractivity contribution >= 4 is 5.91 Å². The van der Waals surface area contributed by atoms with E-state index in [4.69, 9.17) is 9.47 Å². The molecule has 5 heteroatoms. The highest BCUT2D eigenvalue weighted by molar-refractivity contribution is 5.77. The highest BCUT2D eigenvalue weighted by Gasteiger charge is 2.49. The van der Waals surface area contributed by atoms with E-state index in [2.05, 4.69) is 18.8 Å². The summed E-state index contributed by atoms with van der Waals surface area (Å²) in [6.45, 7) is 8.98. The number of aromatic nitrogens is 1. The van der Waals surface area contributed by atoms with Gasteiger partial charge in [-0.1, -0.05) is 19.9 Å². The lowest BCUT2D eigenvalue weighted by molar-refractivity contribution is -0.202. The molecule has 1 aromatic rings.